The Bertz CT molecular complexity index is 659. The Labute approximate surface area is 115 Å². The van der Waals surface area contributed by atoms with Gasteiger partial charge in [0.15, 0.2) is 5.65 Å². The van der Waals surface area contributed by atoms with E-state index in [1.165, 1.54) is 4.52 Å². The second kappa shape index (κ2) is 4.64. The van der Waals surface area contributed by atoms with Crippen LogP contribution < -0.4 is 10.6 Å². The SMILES string of the molecule is CN1CCN(c2cc(C(=O)O)c3nc(N)nn3c2)CC1. The maximum atomic E-state index is 11.4. The number of carboxylic acid groups (broad SMARTS) is 1. The Morgan fingerprint density at radius 1 is 1.35 bits per heavy atom. The number of likely N-dealkylation sites (N-methyl/N-ethyl adjacent to an activating group) is 1. The number of hydrogen-bond donors (Lipinski definition) is 2. The average Bonchev–Trinajstić information content (AvgIpc) is 2.78. The van der Waals surface area contributed by atoms with Crippen molar-refractivity contribution in [3.63, 3.8) is 0 Å². The van der Waals surface area contributed by atoms with E-state index in [9.17, 15) is 9.90 Å². The van der Waals surface area contributed by atoms with Crippen LogP contribution in [0.5, 0.6) is 0 Å². The third kappa shape index (κ3) is 2.14. The first-order chi connectivity index (χ1) is 9.54. The summed E-state index contributed by atoms with van der Waals surface area (Å²) in [5.41, 5.74) is 6.76. The van der Waals surface area contributed by atoms with Crippen LogP contribution in [0.1, 0.15) is 10.4 Å². The normalized spacial score (nSPS) is 16.8. The predicted molar refractivity (Wildman–Crippen MR) is 74.1 cm³/mol. The fourth-order valence-electron chi connectivity index (χ4n) is 2.38. The smallest absolute Gasteiger partial charge is 0.339 e. The minimum absolute atomic E-state index is 0.0722. The highest BCUT2D eigenvalue weighted by Gasteiger charge is 2.19. The third-order valence-electron chi connectivity index (χ3n) is 3.53. The Hall–Kier alpha value is -2.35. The van der Waals surface area contributed by atoms with E-state index in [2.05, 4.69) is 26.9 Å². The zero-order valence-electron chi connectivity index (χ0n) is 11.2. The van der Waals surface area contributed by atoms with Crippen molar-refractivity contribution in [2.45, 2.75) is 0 Å². The van der Waals surface area contributed by atoms with Crippen LogP contribution in [0, 0.1) is 0 Å². The van der Waals surface area contributed by atoms with Crippen molar-refractivity contribution in [1.29, 1.82) is 0 Å². The number of carbonyl (C=O) groups is 1. The van der Waals surface area contributed by atoms with Gasteiger partial charge in [-0.3, -0.25) is 0 Å². The summed E-state index contributed by atoms with van der Waals surface area (Å²) < 4.78 is 1.44. The Kier molecular flexibility index (Phi) is 2.94. The lowest BCUT2D eigenvalue weighted by Gasteiger charge is -2.34. The fraction of sp³-hybridized carbons (Fsp3) is 0.417. The predicted octanol–water partition coefficient (Wildman–Crippen LogP) is -0.238. The molecule has 106 valence electrons. The molecule has 2 aromatic heterocycles. The fourth-order valence-corrected chi connectivity index (χ4v) is 2.38. The minimum atomic E-state index is -1.03. The van der Waals surface area contributed by atoms with Crippen molar-refractivity contribution in [1.82, 2.24) is 19.5 Å². The van der Waals surface area contributed by atoms with Gasteiger partial charge in [-0.05, 0) is 13.1 Å². The van der Waals surface area contributed by atoms with Gasteiger partial charge in [0.2, 0.25) is 5.95 Å². The van der Waals surface area contributed by atoms with E-state index in [1.54, 1.807) is 12.3 Å². The van der Waals surface area contributed by atoms with Crippen LogP contribution >= 0.6 is 0 Å². The van der Waals surface area contributed by atoms with Gasteiger partial charge < -0.3 is 20.6 Å². The minimum Gasteiger partial charge on any atom is -0.478 e. The maximum absolute atomic E-state index is 11.4. The molecule has 3 N–H and O–H groups in total. The number of carboxylic acids is 1. The van der Waals surface area contributed by atoms with Crippen LogP contribution in [-0.4, -0.2) is 63.8 Å². The highest BCUT2D eigenvalue weighted by atomic mass is 16.4. The first-order valence-electron chi connectivity index (χ1n) is 6.37. The molecule has 0 spiro atoms. The van der Waals surface area contributed by atoms with Crippen LogP contribution in [0.4, 0.5) is 11.6 Å². The molecule has 1 aliphatic heterocycles. The highest BCUT2D eigenvalue weighted by molar-refractivity contribution is 5.95. The van der Waals surface area contributed by atoms with Gasteiger partial charge in [0.25, 0.3) is 0 Å². The molecule has 0 atom stereocenters. The molecular weight excluding hydrogens is 260 g/mol. The van der Waals surface area contributed by atoms with Crippen molar-refractivity contribution in [2.24, 2.45) is 0 Å². The lowest BCUT2D eigenvalue weighted by Crippen LogP contribution is -2.44. The Balaban J connectivity index is 2.05. The summed E-state index contributed by atoms with van der Waals surface area (Å²) in [6.07, 6.45) is 1.77. The second-order valence-corrected chi connectivity index (χ2v) is 4.95. The maximum Gasteiger partial charge on any atom is 0.339 e. The zero-order chi connectivity index (χ0) is 14.3. The number of aromatic carboxylic acids is 1. The van der Waals surface area contributed by atoms with Crippen molar-refractivity contribution in [3.05, 3.63) is 17.8 Å². The number of pyridine rings is 1. The number of hydrogen-bond acceptors (Lipinski definition) is 6. The van der Waals surface area contributed by atoms with Crippen LogP contribution in [0.25, 0.3) is 5.65 Å². The topological polar surface area (TPSA) is 100.0 Å². The lowest BCUT2D eigenvalue weighted by molar-refractivity contribution is 0.0698. The molecule has 1 saturated heterocycles. The number of aromatic nitrogens is 3. The van der Waals surface area contributed by atoms with Crippen molar-refractivity contribution in [3.8, 4) is 0 Å². The lowest BCUT2D eigenvalue weighted by atomic mass is 10.2. The molecule has 1 aliphatic rings. The Morgan fingerprint density at radius 3 is 2.70 bits per heavy atom. The molecule has 0 bridgehead atoms. The first-order valence-corrected chi connectivity index (χ1v) is 6.37. The summed E-state index contributed by atoms with van der Waals surface area (Å²) in [7, 11) is 2.07. The monoisotopic (exact) mass is 276 g/mol. The van der Waals surface area contributed by atoms with Crippen molar-refractivity contribution in [2.75, 3.05) is 43.9 Å². The number of nitrogen functional groups attached to an aromatic ring is 1. The van der Waals surface area contributed by atoms with E-state index >= 15 is 0 Å². The molecule has 8 nitrogen and oxygen atoms in total. The van der Waals surface area contributed by atoms with E-state index in [0.29, 0.717) is 0 Å². The van der Waals surface area contributed by atoms with Gasteiger partial charge >= 0.3 is 5.97 Å². The van der Waals surface area contributed by atoms with Crippen LogP contribution in [0.2, 0.25) is 0 Å². The van der Waals surface area contributed by atoms with Crippen molar-refractivity contribution >= 4 is 23.3 Å². The summed E-state index contributed by atoms with van der Waals surface area (Å²) >= 11 is 0. The van der Waals surface area contributed by atoms with E-state index in [-0.39, 0.29) is 17.2 Å². The van der Waals surface area contributed by atoms with Gasteiger partial charge in [0, 0.05) is 26.2 Å². The Morgan fingerprint density at radius 2 is 2.05 bits per heavy atom. The summed E-state index contributed by atoms with van der Waals surface area (Å²) in [6, 6.07) is 1.64. The molecule has 8 heteroatoms. The van der Waals surface area contributed by atoms with Crippen molar-refractivity contribution < 1.29 is 9.90 Å². The van der Waals surface area contributed by atoms with Gasteiger partial charge in [0.1, 0.15) is 5.56 Å². The summed E-state index contributed by atoms with van der Waals surface area (Å²) in [4.78, 5) is 19.7. The van der Waals surface area contributed by atoms with Gasteiger partial charge in [0.05, 0.1) is 11.9 Å². The molecule has 0 aromatic carbocycles. The molecule has 0 aliphatic carbocycles. The average molecular weight is 276 g/mol. The van der Waals surface area contributed by atoms with E-state index in [0.717, 1.165) is 31.9 Å². The molecule has 2 aromatic rings. The molecule has 0 amide bonds. The molecule has 0 unspecified atom stereocenters. The standard InChI is InChI=1S/C12H16N6O2/c1-16-2-4-17(5-3-16)8-6-9(11(19)20)10-14-12(13)15-18(10)7-8/h6-7H,2-5H2,1H3,(H2,13,15)(H,19,20). The number of fused-ring (bicyclic) bond motifs is 1. The molecule has 0 saturated carbocycles. The zero-order valence-corrected chi connectivity index (χ0v) is 11.2. The summed E-state index contributed by atoms with van der Waals surface area (Å²) in [5.74, 6) is -0.957. The summed E-state index contributed by atoms with van der Waals surface area (Å²) in [5, 5.41) is 13.3. The molecule has 3 heterocycles. The largest absolute Gasteiger partial charge is 0.478 e. The van der Waals surface area contributed by atoms with E-state index < -0.39 is 5.97 Å². The number of piperazine rings is 1. The van der Waals surface area contributed by atoms with Crippen LogP contribution in [0.3, 0.4) is 0 Å². The third-order valence-corrected chi connectivity index (χ3v) is 3.53. The number of nitrogens with two attached hydrogens (primary N) is 1. The quantitative estimate of drug-likeness (QED) is 0.780. The molecule has 0 radical (unpaired) electrons. The highest BCUT2D eigenvalue weighted by Crippen LogP contribution is 2.21. The first kappa shape index (κ1) is 12.7. The number of nitrogens with zero attached hydrogens (tertiary/aromatic N) is 5. The molecule has 1 fully saturated rings. The second-order valence-electron chi connectivity index (χ2n) is 4.95. The summed E-state index contributed by atoms with van der Waals surface area (Å²) in [6.45, 7) is 3.59. The van der Waals surface area contributed by atoms with E-state index in [1.807, 2.05) is 0 Å². The van der Waals surface area contributed by atoms with Crippen LogP contribution in [0.15, 0.2) is 12.3 Å². The van der Waals surface area contributed by atoms with Gasteiger partial charge in [-0.25, -0.2) is 9.31 Å². The van der Waals surface area contributed by atoms with Crippen LogP contribution in [-0.2, 0) is 0 Å². The van der Waals surface area contributed by atoms with Gasteiger partial charge in [-0.1, -0.05) is 0 Å². The van der Waals surface area contributed by atoms with Gasteiger partial charge in [-0.2, -0.15) is 4.98 Å². The molecular formula is C12H16N6O2. The molecule has 20 heavy (non-hydrogen) atoms. The number of rotatable bonds is 2. The van der Waals surface area contributed by atoms with E-state index in [4.69, 9.17) is 5.73 Å². The number of anilines is 2. The van der Waals surface area contributed by atoms with Gasteiger partial charge in [-0.15, -0.1) is 5.10 Å². The molecule has 3 rings (SSSR count).